The summed E-state index contributed by atoms with van der Waals surface area (Å²) in [6.07, 6.45) is 0. The largest absolute Gasteiger partial charge is 0.508 e. The standard InChI is InChI=1S/C10H15NO2/c1-7-5-10(12)8(2)4-9(7)6-11(3)13/h4-5,12-13H,6H2,1-3H3. The van der Waals surface area contributed by atoms with Crippen LogP contribution in [-0.4, -0.2) is 22.4 Å². The van der Waals surface area contributed by atoms with Crippen molar-refractivity contribution in [2.75, 3.05) is 7.05 Å². The Hall–Kier alpha value is -1.06. The molecule has 72 valence electrons. The minimum absolute atomic E-state index is 0.307. The van der Waals surface area contributed by atoms with Gasteiger partial charge in [0.05, 0.1) is 0 Å². The third-order valence-corrected chi connectivity index (χ3v) is 2.05. The minimum atomic E-state index is 0.307. The number of aromatic hydroxyl groups is 1. The summed E-state index contributed by atoms with van der Waals surface area (Å²) < 4.78 is 0. The second-order valence-electron chi connectivity index (χ2n) is 3.38. The molecule has 0 saturated heterocycles. The first-order valence-corrected chi connectivity index (χ1v) is 4.20. The molecule has 13 heavy (non-hydrogen) atoms. The topological polar surface area (TPSA) is 43.7 Å². The molecule has 1 aromatic carbocycles. The molecule has 0 fully saturated rings. The van der Waals surface area contributed by atoms with Gasteiger partial charge >= 0.3 is 0 Å². The zero-order chi connectivity index (χ0) is 10.0. The fourth-order valence-electron chi connectivity index (χ4n) is 1.28. The highest BCUT2D eigenvalue weighted by atomic mass is 16.5. The second kappa shape index (κ2) is 3.77. The number of phenols is 1. The Bertz CT molecular complexity index is 308. The van der Waals surface area contributed by atoms with Crippen LogP contribution in [0, 0.1) is 13.8 Å². The highest BCUT2D eigenvalue weighted by Crippen LogP contribution is 2.21. The average Bonchev–Trinajstić information content (AvgIpc) is 1.99. The molecule has 1 rings (SSSR count). The van der Waals surface area contributed by atoms with Gasteiger partial charge in [0.15, 0.2) is 0 Å². The maximum atomic E-state index is 9.38. The SMILES string of the molecule is Cc1cc(CN(C)O)c(C)cc1O. The molecule has 0 unspecified atom stereocenters. The maximum Gasteiger partial charge on any atom is 0.118 e. The van der Waals surface area contributed by atoms with Gasteiger partial charge in [-0.25, -0.2) is 0 Å². The number of hydroxylamine groups is 2. The fraction of sp³-hybridized carbons (Fsp3) is 0.400. The molecule has 0 aliphatic carbocycles. The predicted octanol–water partition coefficient (Wildman–Crippen LogP) is 1.83. The van der Waals surface area contributed by atoms with E-state index in [4.69, 9.17) is 5.21 Å². The molecule has 0 spiro atoms. The van der Waals surface area contributed by atoms with Crippen LogP contribution in [-0.2, 0) is 6.54 Å². The molecule has 0 heterocycles. The molecule has 0 aromatic heterocycles. The first kappa shape index (κ1) is 10.0. The highest BCUT2D eigenvalue weighted by molar-refractivity contribution is 5.40. The second-order valence-corrected chi connectivity index (χ2v) is 3.38. The lowest BCUT2D eigenvalue weighted by Gasteiger charge is -2.12. The number of hydrogen-bond donors (Lipinski definition) is 2. The van der Waals surface area contributed by atoms with Crippen LogP contribution in [0.1, 0.15) is 16.7 Å². The van der Waals surface area contributed by atoms with Gasteiger partial charge in [-0.2, -0.15) is 5.06 Å². The predicted molar refractivity (Wildman–Crippen MR) is 50.8 cm³/mol. The molecule has 2 N–H and O–H groups in total. The first-order chi connectivity index (χ1) is 6.00. The molecular weight excluding hydrogens is 166 g/mol. The van der Waals surface area contributed by atoms with Gasteiger partial charge in [0.25, 0.3) is 0 Å². The smallest absolute Gasteiger partial charge is 0.118 e. The summed E-state index contributed by atoms with van der Waals surface area (Å²) in [5, 5.41) is 19.6. The Morgan fingerprint density at radius 3 is 2.38 bits per heavy atom. The van der Waals surface area contributed by atoms with Crippen LogP contribution in [0.4, 0.5) is 0 Å². The van der Waals surface area contributed by atoms with E-state index in [2.05, 4.69) is 0 Å². The summed E-state index contributed by atoms with van der Waals surface area (Å²) in [6.45, 7) is 4.24. The summed E-state index contributed by atoms with van der Waals surface area (Å²) in [6, 6.07) is 3.60. The Morgan fingerprint density at radius 1 is 1.23 bits per heavy atom. The molecule has 1 aromatic rings. The van der Waals surface area contributed by atoms with Crippen LogP contribution in [0.5, 0.6) is 5.75 Å². The quantitative estimate of drug-likeness (QED) is 0.684. The van der Waals surface area contributed by atoms with Crippen molar-refractivity contribution < 1.29 is 10.3 Å². The highest BCUT2D eigenvalue weighted by Gasteiger charge is 2.04. The number of rotatable bonds is 2. The Balaban J connectivity index is 3.01. The summed E-state index contributed by atoms with van der Waals surface area (Å²) >= 11 is 0. The van der Waals surface area contributed by atoms with E-state index >= 15 is 0 Å². The summed E-state index contributed by atoms with van der Waals surface area (Å²) in [5.41, 5.74) is 2.85. The van der Waals surface area contributed by atoms with Crippen molar-refractivity contribution >= 4 is 0 Å². The molecule has 3 nitrogen and oxygen atoms in total. The van der Waals surface area contributed by atoms with Crippen molar-refractivity contribution in [3.8, 4) is 5.75 Å². The van der Waals surface area contributed by atoms with Gasteiger partial charge in [-0.1, -0.05) is 6.07 Å². The lowest BCUT2D eigenvalue weighted by molar-refractivity contribution is -0.0733. The lowest BCUT2D eigenvalue weighted by Crippen LogP contribution is -2.12. The van der Waals surface area contributed by atoms with Crippen molar-refractivity contribution in [2.24, 2.45) is 0 Å². The normalized spacial score (nSPS) is 10.8. The van der Waals surface area contributed by atoms with Crippen molar-refractivity contribution in [2.45, 2.75) is 20.4 Å². The van der Waals surface area contributed by atoms with Gasteiger partial charge in [0.2, 0.25) is 0 Å². The monoisotopic (exact) mass is 181 g/mol. The van der Waals surface area contributed by atoms with Gasteiger partial charge in [0.1, 0.15) is 5.75 Å². The fourth-order valence-corrected chi connectivity index (χ4v) is 1.28. The van der Waals surface area contributed by atoms with Gasteiger partial charge in [0, 0.05) is 13.6 Å². The van der Waals surface area contributed by atoms with Crippen LogP contribution in [0.3, 0.4) is 0 Å². The molecule has 0 radical (unpaired) electrons. The van der Waals surface area contributed by atoms with Crippen LogP contribution in [0.25, 0.3) is 0 Å². The Morgan fingerprint density at radius 2 is 1.85 bits per heavy atom. The molecule has 0 aliphatic rings. The van der Waals surface area contributed by atoms with Crippen molar-refractivity contribution in [1.82, 2.24) is 5.06 Å². The van der Waals surface area contributed by atoms with Crippen molar-refractivity contribution in [3.63, 3.8) is 0 Å². The van der Waals surface area contributed by atoms with Crippen molar-refractivity contribution in [1.29, 1.82) is 0 Å². The summed E-state index contributed by atoms with van der Waals surface area (Å²) in [5.74, 6) is 0.307. The van der Waals surface area contributed by atoms with Crippen LogP contribution < -0.4 is 0 Å². The van der Waals surface area contributed by atoms with E-state index in [1.54, 1.807) is 13.1 Å². The number of benzene rings is 1. The van der Waals surface area contributed by atoms with Crippen molar-refractivity contribution in [3.05, 3.63) is 28.8 Å². The number of nitrogens with zero attached hydrogens (tertiary/aromatic N) is 1. The average molecular weight is 181 g/mol. The number of phenolic OH excluding ortho intramolecular Hbond substituents is 1. The van der Waals surface area contributed by atoms with E-state index in [1.165, 1.54) is 0 Å². The molecule has 0 bridgehead atoms. The molecule has 0 amide bonds. The Labute approximate surface area is 78.2 Å². The minimum Gasteiger partial charge on any atom is -0.508 e. The zero-order valence-electron chi connectivity index (χ0n) is 8.20. The van der Waals surface area contributed by atoms with Crippen LogP contribution >= 0.6 is 0 Å². The Kier molecular flexibility index (Phi) is 2.90. The maximum absolute atomic E-state index is 9.38. The molecule has 3 heteroatoms. The van der Waals surface area contributed by atoms with Gasteiger partial charge in [-0.05, 0) is 36.6 Å². The third-order valence-electron chi connectivity index (χ3n) is 2.05. The number of hydrogen-bond acceptors (Lipinski definition) is 3. The third kappa shape index (κ3) is 2.44. The summed E-state index contributed by atoms with van der Waals surface area (Å²) in [7, 11) is 1.60. The van der Waals surface area contributed by atoms with Crippen LogP contribution in [0.2, 0.25) is 0 Å². The molecule has 0 atom stereocenters. The van der Waals surface area contributed by atoms with Gasteiger partial charge in [-0.15, -0.1) is 0 Å². The van der Waals surface area contributed by atoms with Gasteiger partial charge < -0.3 is 10.3 Å². The molecule has 0 saturated carbocycles. The molecule has 0 aliphatic heterocycles. The van der Waals surface area contributed by atoms with Crippen LogP contribution in [0.15, 0.2) is 12.1 Å². The van der Waals surface area contributed by atoms with E-state index in [0.29, 0.717) is 12.3 Å². The summed E-state index contributed by atoms with van der Waals surface area (Å²) in [4.78, 5) is 0. The molecular formula is C10H15NO2. The van der Waals surface area contributed by atoms with Gasteiger partial charge in [-0.3, -0.25) is 0 Å². The van der Waals surface area contributed by atoms with E-state index < -0.39 is 0 Å². The van der Waals surface area contributed by atoms with E-state index in [-0.39, 0.29) is 0 Å². The lowest BCUT2D eigenvalue weighted by atomic mass is 10.0. The van der Waals surface area contributed by atoms with E-state index in [0.717, 1.165) is 21.8 Å². The van der Waals surface area contributed by atoms with E-state index in [1.807, 2.05) is 19.9 Å². The first-order valence-electron chi connectivity index (χ1n) is 4.20. The zero-order valence-corrected chi connectivity index (χ0v) is 8.20. The van der Waals surface area contributed by atoms with E-state index in [9.17, 15) is 5.11 Å². The number of aryl methyl sites for hydroxylation is 2.